The third-order valence-electron chi connectivity index (χ3n) is 3.17. The van der Waals surface area contributed by atoms with Gasteiger partial charge in [-0.15, -0.1) is 0 Å². The van der Waals surface area contributed by atoms with Crippen molar-refractivity contribution in [2.45, 2.75) is 26.1 Å². The second-order valence-corrected chi connectivity index (χ2v) is 4.72. The standard InChI is InChI=1S/C16H20N2O2/c1-3-20-15(12-7-5-4-6-8-12)14(19)13-9-11(2)10-18-16(13)17/h4-10,14-15,19H,3H2,1-2H3,(H2,17,18). The van der Waals surface area contributed by atoms with E-state index in [9.17, 15) is 5.11 Å². The summed E-state index contributed by atoms with van der Waals surface area (Å²) >= 11 is 0. The van der Waals surface area contributed by atoms with Gasteiger partial charge in [0.05, 0.1) is 0 Å². The largest absolute Gasteiger partial charge is 0.385 e. The summed E-state index contributed by atoms with van der Waals surface area (Å²) in [6, 6.07) is 11.5. The van der Waals surface area contributed by atoms with Crippen molar-refractivity contribution in [3.05, 3.63) is 59.3 Å². The molecule has 0 radical (unpaired) electrons. The van der Waals surface area contributed by atoms with Crippen LogP contribution in [0.15, 0.2) is 42.6 Å². The van der Waals surface area contributed by atoms with E-state index in [1.165, 1.54) is 0 Å². The number of aryl methyl sites for hydroxylation is 1. The number of aliphatic hydroxyl groups excluding tert-OH is 1. The molecule has 2 rings (SSSR count). The van der Waals surface area contributed by atoms with Crippen LogP contribution in [0.4, 0.5) is 5.82 Å². The van der Waals surface area contributed by atoms with E-state index in [2.05, 4.69) is 4.98 Å². The first-order valence-electron chi connectivity index (χ1n) is 6.70. The summed E-state index contributed by atoms with van der Waals surface area (Å²) in [4.78, 5) is 4.10. The average Bonchev–Trinajstić information content (AvgIpc) is 2.47. The van der Waals surface area contributed by atoms with Crippen LogP contribution < -0.4 is 5.73 Å². The molecule has 2 atom stereocenters. The number of ether oxygens (including phenoxy) is 1. The van der Waals surface area contributed by atoms with Gasteiger partial charge in [-0.25, -0.2) is 4.98 Å². The van der Waals surface area contributed by atoms with Crippen molar-refractivity contribution < 1.29 is 9.84 Å². The molecule has 0 aliphatic carbocycles. The second kappa shape index (κ2) is 6.50. The van der Waals surface area contributed by atoms with Gasteiger partial charge in [-0.3, -0.25) is 0 Å². The highest BCUT2D eigenvalue weighted by molar-refractivity contribution is 5.43. The number of nitrogen functional groups attached to an aromatic ring is 1. The molecule has 0 aliphatic rings. The Morgan fingerprint density at radius 2 is 2.00 bits per heavy atom. The summed E-state index contributed by atoms with van der Waals surface area (Å²) in [6.45, 7) is 4.33. The predicted molar refractivity (Wildman–Crippen MR) is 79.2 cm³/mol. The van der Waals surface area contributed by atoms with Gasteiger partial charge in [0.2, 0.25) is 0 Å². The Kier molecular flexibility index (Phi) is 4.71. The highest BCUT2D eigenvalue weighted by Crippen LogP contribution is 2.34. The van der Waals surface area contributed by atoms with E-state index in [-0.39, 0.29) is 0 Å². The lowest BCUT2D eigenvalue weighted by atomic mass is 9.97. The predicted octanol–water partition coefficient (Wildman–Crippen LogP) is 2.78. The van der Waals surface area contributed by atoms with Crippen LogP contribution >= 0.6 is 0 Å². The van der Waals surface area contributed by atoms with Crippen LogP contribution in [0.2, 0.25) is 0 Å². The molecule has 3 N–H and O–H groups in total. The summed E-state index contributed by atoms with van der Waals surface area (Å²) in [5.74, 6) is 0.337. The number of nitrogens with zero attached hydrogens (tertiary/aromatic N) is 1. The summed E-state index contributed by atoms with van der Waals surface area (Å²) in [7, 11) is 0. The Labute approximate surface area is 119 Å². The summed E-state index contributed by atoms with van der Waals surface area (Å²) in [5.41, 5.74) is 8.35. The molecule has 20 heavy (non-hydrogen) atoms. The number of aliphatic hydroxyl groups is 1. The van der Waals surface area contributed by atoms with Crippen molar-refractivity contribution in [1.29, 1.82) is 0 Å². The lowest BCUT2D eigenvalue weighted by Crippen LogP contribution is -2.16. The van der Waals surface area contributed by atoms with E-state index in [4.69, 9.17) is 10.5 Å². The minimum atomic E-state index is -0.843. The third-order valence-corrected chi connectivity index (χ3v) is 3.17. The van der Waals surface area contributed by atoms with Crippen LogP contribution in [-0.4, -0.2) is 16.7 Å². The minimum absolute atomic E-state index is 0.337. The molecule has 0 amide bonds. The molecule has 0 saturated heterocycles. The Balaban J connectivity index is 2.36. The Hall–Kier alpha value is -1.91. The fourth-order valence-corrected chi connectivity index (χ4v) is 2.19. The van der Waals surface area contributed by atoms with Crippen molar-refractivity contribution in [3.8, 4) is 0 Å². The molecule has 0 saturated carbocycles. The molecule has 0 fully saturated rings. The fraction of sp³-hybridized carbons (Fsp3) is 0.312. The number of rotatable bonds is 5. The Morgan fingerprint density at radius 3 is 2.65 bits per heavy atom. The quantitative estimate of drug-likeness (QED) is 0.878. The van der Waals surface area contributed by atoms with Crippen LogP contribution in [0.3, 0.4) is 0 Å². The monoisotopic (exact) mass is 272 g/mol. The van der Waals surface area contributed by atoms with Crippen molar-refractivity contribution in [2.75, 3.05) is 12.3 Å². The lowest BCUT2D eigenvalue weighted by molar-refractivity contribution is -0.0359. The molecule has 4 nitrogen and oxygen atoms in total. The molecule has 1 aromatic carbocycles. The smallest absolute Gasteiger partial charge is 0.129 e. The topological polar surface area (TPSA) is 68.4 Å². The van der Waals surface area contributed by atoms with Crippen LogP contribution in [0.5, 0.6) is 0 Å². The lowest BCUT2D eigenvalue weighted by Gasteiger charge is -2.24. The second-order valence-electron chi connectivity index (χ2n) is 4.72. The summed E-state index contributed by atoms with van der Waals surface area (Å²) in [6.07, 6.45) is 0.390. The number of hydrogen-bond acceptors (Lipinski definition) is 4. The molecule has 2 aromatic rings. The summed E-state index contributed by atoms with van der Waals surface area (Å²) in [5, 5.41) is 10.6. The van der Waals surface area contributed by atoms with Crippen LogP contribution in [0.25, 0.3) is 0 Å². The van der Waals surface area contributed by atoms with E-state index >= 15 is 0 Å². The van der Waals surface area contributed by atoms with Gasteiger partial charge in [0.25, 0.3) is 0 Å². The number of pyridine rings is 1. The van der Waals surface area contributed by atoms with Crippen molar-refractivity contribution >= 4 is 5.82 Å². The molecule has 1 heterocycles. The van der Waals surface area contributed by atoms with Gasteiger partial charge in [-0.1, -0.05) is 30.3 Å². The zero-order chi connectivity index (χ0) is 14.5. The first-order valence-corrected chi connectivity index (χ1v) is 6.70. The molecule has 0 spiro atoms. The number of anilines is 1. The van der Waals surface area contributed by atoms with E-state index in [1.54, 1.807) is 6.20 Å². The van der Waals surface area contributed by atoms with E-state index in [0.29, 0.717) is 18.0 Å². The normalized spacial score (nSPS) is 13.9. The van der Waals surface area contributed by atoms with Crippen LogP contribution in [-0.2, 0) is 4.74 Å². The van der Waals surface area contributed by atoms with Crippen LogP contribution in [0.1, 0.15) is 35.8 Å². The number of aromatic nitrogens is 1. The van der Waals surface area contributed by atoms with Crippen molar-refractivity contribution in [2.24, 2.45) is 0 Å². The van der Waals surface area contributed by atoms with Gasteiger partial charge in [0.15, 0.2) is 0 Å². The van der Waals surface area contributed by atoms with Crippen molar-refractivity contribution in [3.63, 3.8) is 0 Å². The Morgan fingerprint density at radius 1 is 1.30 bits per heavy atom. The maximum atomic E-state index is 10.6. The average molecular weight is 272 g/mol. The Bertz CT molecular complexity index is 558. The maximum absolute atomic E-state index is 10.6. The molecule has 0 bridgehead atoms. The number of nitrogens with two attached hydrogens (primary N) is 1. The number of benzene rings is 1. The van der Waals surface area contributed by atoms with E-state index < -0.39 is 12.2 Å². The number of hydrogen-bond donors (Lipinski definition) is 2. The third kappa shape index (κ3) is 3.15. The molecular formula is C16H20N2O2. The van der Waals surface area contributed by atoms with Gasteiger partial charge >= 0.3 is 0 Å². The molecule has 2 unspecified atom stereocenters. The van der Waals surface area contributed by atoms with E-state index in [1.807, 2.05) is 50.2 Å². The van der Waals surface area contributed by atoms with E-state index in [0.717, 1.165) is 11.1 Å². The highest BCUT2D eigenvalue weighted by atomic mass is 16.5. The van der Waals surface area contributed by atoms with Gasteiger partial charge in [-0.05, 0) is 31.0 Å². The first kappa shape index (κ1) is 14.5. The zero-order valence-corrected chi connectivity index (χ0v) is 11.8. The van der Waals surface area contributed by atoms with Gasteiger partial charge in [-0.2, -0.15) is 0 Å². The van der Waals surface area contributed by atoms with Crippen LogP contribution in [0, 0.1) is 6.92 Å². The van der Waals surface area contributed by atoms with Crippen molar-refractivity contribution in [1.82, 2.24) is 4.98 Å². The molecule has 4 heteroatoms. The molecule has 1 aromatic heterocycles. The van der Waals surface area contributed by atoms with Gasteiger partial charge in [0.1, 0.15) is 18.0 Å². The fourth-order valence-electron chi connectivity index (χ4n) is 2.19. The van der Waals surface area contributed by atoms with Gasteiger partial charge in [0, 0.05) is 18.4 Å². The maximum Gasteiger partial charge on any atom is 0.129 e. The minimum Gasteiger partial charge on any atom is -0.385 e. The molecule has 106 valence electrons. The summed E-state index contributed by atoms with van der Waals surface area (Å²) < 4.78 is 5.71. The molecular weight excluding hydrogens is 252 g/mol. The SMILES string of the molecule is CCOC(c1ccccc1)C(O)c1cc(C)cnc1N. The van der Waals surface area contributed by atoms with Gasteiger partial charge < -0.3 is 15.6 Å². The highest BCUT2D eigenvalue weighted by Gasteiger charge is 2.25. The zero-order valence-electron chi connectivity index (χ0n) is 11.8. The molecule has 0 aliphatic heterocycles. The first-order chi connectivity index (χ1) is 9.63.